The largest absolute Gasteiger partial charge is 0.213 e. The second kappa shape index (κ2) is 5.53. The maximum atomic E-state index is 2.27. The summed E-state index contributed by atoms with van der Waals surface area (Å²) in [5.74, 6) is 0. The number of aromatic nitrogens is 1. The van der Waals surface area contributed by atoms with Gasteiger partial charge in [0.1, 0.15) is 7.05 Å². The minimum atomic E-state index is 1.24. The number of hydrogen-bond acceptors (Lipinski definition) is 0. The zero-order chi connectivity index (χ0) is 14.8. The number of rotatable bonds is 2. The molecule has 0 saturated heterocycles. The predicted molar refractivity (Wildman–Crippen MR) is 88.0 cm³/mol. The third-order valence-corrected chi connectivity index (χ3v) is 3.96. The monoisotopic (exact) mass is 274 g/mol. The lowest BCUT2D eigenvalue weighted by atomic mass is 10.00. The standard InChI is InChI=1S/C20H20N/c1-15-8-10-17(11-9-15)18-12-13-21(3)20(14-18)19-7-5-4-6-16(19)2/h4-14H,1-3H3/q+1. The molecule has 0 spiro atoms. The minimum absolute atomic E-state index is 1.24. The average Bonchev–Trinajstić information content (AvgIpc) is 2.50. The fraction of sp³-hybridized carbons (Fsp3) is 0.150. The quantitative estimate of drug-likeness (QED) is 0.607. The highest BCUT2D eigenvalue weighted by molar-refractivity contribution is 5.70. The summed E-state index contributed by atoms with van der Waals surface area (Å²) < 4.78 is 2.18. The van der Waals surface area contributed by atoms with Crippen LogP contribution in [0.5, 0.6) is 0 Å². The van der Waals surface area contributed by atoms with Gasteiger partial charge < -0.3 is 0 Å². The number of pyridine rings is 1. The normalized spacial score (nSPS) is 10.6. The summed E-state index contributed by atoms with van der Waals surface area (Å²) in [7, 11) is 2.10. The SMILES string of the molecule is Cc1ccc(-c2cc[n+](C)c(-c3ccccc3C)c2)cc1. The van der Waals surface area contributed by atoms with Crippen molar-refractivity contribution < 1.29 is 4.57 Å². The van der Waals surface area contributed by atoms with Gasteiger partial charge in [0.2, 0.25) is 5.69 Å². The first kappa shape index (κ1) is 13.6. The average molecular weight is 274 g/mol. The van der Waals surface area contributed by atoms with Crippen molar-refractivity contribution in [2.45, 2.75) is 13.8 Å². The first-order valence-electron chi connectivity index (χ1n) is 7.28. The summed E-state index contributed by atoms with van der Waals surface area (Å²) in [5, 5.41) is 0. The van der Waals surface area contributed by atoms with Gasteiger partial charge in [0, 0.05) is 17.7 Å². The van der Waals surface area contributed by atoms with E-state index in [-0.39, 0.29) is 0 Å². The van der Waals surface area contributed by atoms with Gasteiger partial charge in [-0.3, -0.25) is 0 Å². The van der Waals surface area contributed by atoms with Crippen molar-refractivity contribution in [1.82, 2.24) is 0 Å². The molecular weight excluding hydrogens is 254 g/mol. The van der Waals surface area contributed by atoms with Crippen LogP contribution in [0.1, 0.15) is 11.1 Å². The van der Waals surface area contributed by atoms with Crippen molar-refractivity contribution in [2.75, 3.05) is 0 Å². The van der Waals surface area contributed by atoms with Gasteiger partial charge in [0.05, 0.1) is 0 Å². The van der Waals surface area contributed by atoms with Gasteiger partial charge in [0.25, 0.3) is 0 Å². The summed E-state index contributed by atoms with van der Waals surface area (Å²) in [4.78, 5) is 0. The summed E-state index contributed by atoms with van der Waals surface area (Å²) in [6.07, 6.45) is 2.14. The molecule has 1 heteroatoms. The molecule has 0 aliphatic carbocycles. The van der Waals surface area contributed by atoms with Crippen molar-refractivity contribution in [3.8, 4) is 22.4 Å². The van der Waals surface area contributed by atoms with Crippen molar-refractivity contribution in [2.24, 2.45) is 7.05 Å². The Labute approximate surface area is 126 Å². The summed E-state index contributed by atoms with van der Waals surface area (Å²) in [6.45, 7) is 4.28. The zero-order valence-electron chi connectivity index (χ0n) is 12.8. The highest BCUT2D eigenvalue weighted by Crippen LogP contribution is 2.25. The fourth-order valence-corrected chi connectivity index (χ4v) is 2.62. The van der Waals surface area contributed by atoms with Crippen LogP contribution in [-0.2, 0) is 7.05 Å². The van der Waals surface area contributed by atoms with Gasteiger partial charge in [-0.25, -0.2) is 4.57 Å². The smallest absolute Gasteiger partial charge is 0.201 e. The fourth-order valence-electron chi connectivity index (χ4n) is 2.62. The Morgan fingerprint density at radius 2 is 1.48 bits per heavy atom. The molecule has 0 aliphatic rings. The third kappa shape index (κ3) is 2.73. The Hall–Kier alpha value is -2.41. The molecule has 3 aromatic rings. The minimum Gasteiger partial charge on any atom is -0.201 e. The van der Waals surface area contributed by atoms with Crippen LogP contribution in [-0.4, -0.2) is 0 Å². The summed E-state index contributed by atoms with van der Waals surface area (Å²) in [6, 6.07) is 21.7. The topological polar surface area (TPSA) is 3.88 Å². The van der Waals surface area contributed by atoms with Gasteiger partial charge in [-0.05, 0) is 36.6 Å². The Kier molecular flexibility index (Phi) is 3.57. The van der Waals surface area contributed by atoms with E-state index in [0.29, 0.717) is 0 Å². The molecule has 1 heterocycles. The van der Waals surface area contributed by atoms with Crippen LogP contribution in [0.3, 0.4) is 0 Å². The molecule has 21 heavy (non-hydrogen) atoms. The molecule has 0 N–H and O–H groups in total. The Bertz CT molecular complexity index is 770. The molecule has 0 radical (unpaired) electrons. The van der Waals surface area contributed by atoms with Crippen LogP contribution in [0.4, 0.5) is 0 Å². The van der Waals surface area contributed by atoms with E-state index >= 15 is 0 Å². The predicted octanol–water partition coefficient (Wildman–Crippen LogP) is 4.46. The third-order valence-electron chi connectivity index (χ3n) is 3.96. The molecule has 0 fully saturated rings. The molecular formula is C20H20N+. The number of benzene rings is 2. The molecule has 0 unspecified atom stereocenters. The first-order valence-corrected chi connectivity index (χ1v) is 7.28. The molecule has 1 aromatic heterocycles. The number of nitrogens with zero attached hydrogens (tertiary/aromatic N) is 1. The van der Waals surface area contributed by atoms with Gasteiger partial charge in [-0.2, -0.15) is 0 Å². The van der Waals surface area contributed by atoms with Crippen molar-refractivity contribution in [3.05, 3.63) is 78.0 Å². The second-order valence-corrected chi connectivity index (χ2v) is 5.59. The van der Waals surface area contributed by atoms with Crippen molar-refractivity contribution in [1.29, 1.82) is 0 Å². The van der Waals surface area contributed by atoms with Crippen LogP contribution in [0.2, 0.25) is 0 Å². The Morgan fingerprint density at radius 1 is 0.762 bits per heavy atom. The van der Waals surface area contributed by atoms with E-state index in [1.807, 2.05) is 0 Å². The van der Waals surface area contributed by atoms with Gasteiger partial charge in [-0.1, -0.05) is 48.0 Å². The van der Waals surface area contributed by atoms with Gasteiger partial charge in [-0.15, -0.1) is 0 Å². The lowest BCUT2D eigenvalue weighted by Gasteiger charge is -2.07. The van der Waals surface area contributed by atoms with Crippen LogP contribution >= 0.6 is 0 Å². The maximum Gasteiger partial charge on any atom is 0.213 e. The lowest BCUT2D eigenvalue weighted by molar-refractivity contribution is -0.660. The molecule has 0 atom stereocenters. The molecule has 104 valence electrons. The molecule has 0 amide bonds. The number of aryl methyl sites for hydroxylation is 3. The molecule has 0 bridgehead atoms. The van der Waals surface area contributed by atoms with Crippen LogP contribution in [0.25, 0.3) is 22.4 Å². The molecule has 1 nitrogen and oxygen atoms in total. The van der Waals surface area contributed by atoms with Crippen molar-refractivity contribution >= 4 is 0 Å². The van der Waals surface area contributed by atoms with Crippen LogP contribution < -0.4 is 4.57 Å². The number of hydrogen-bond donors (Lipinski definition) is 0. The molecule has 3 rings (SSSR count). The van der Waals surface area contributed by atoms with E-state index in [9.17, 15) is 0 Å². The second-order valence-electron chi connectivity index (χ2n) is 5.59. The summed E-state index contributed by atoms with van der Waals surface area (Å²) in [5.41, 5.74) is 7.64. The first-order chi connectivity index (χ1) is 10.1. The highest BCUT2D eigenvalue weighted by Gasteiger charge is 2.13. The Morgan fingerprint density at radius 3 is 2.19 bits per heavy atom. The highest BCUT2D eigenvalue weighted by atomic mass is 14.9. The van der Waals surface area contributed by atoms with Crippen LogP contribution in [0, 0.1) is 13.8 Å². The summed E-state index contributed by atoms with van der Waals surface area (Å²) >= 11 is 0. The van der Waals surface area contributed by atoms with E-state index in [2.05, 4.69) is 92.3 Å². The molecule has 0 saturated carbocycles. The maximum absolute atomic E-state index is 2.27. The van der Waals surface area contributed by atoms with E-state index in [1.54, 1.807) is 0 Å². The molecule has 2 aromatic carbocycles. The molecule has 0 aliphatic heterocycles. The zero-order valence-corrected chi connectivity index (χ0v) is 12.8. The van der Waals surface area contributed by atoms with E-state index < -0.39 is 0 Å². The van der Waals surface area contributed by atoms with Crippen molar-refractivity contribution in [3.63, 3.8) is 0 Å². The lowest BCUT2D eigenvalue weighted by Crippen LogP contribution is -2.30. The van der Waals surface area contributed by atoms with E-state index in [4.69, 9.17) is 0 Å². The van der Waals surface area contributed by atoms with E-state index in [1.165, 1.54) is 33.5 Å². The van der Waals surface area contributed by atoms with E-state index in [0.717, 1.165) is 0 Å². The Balaban J connectivity index is 2.13. The van der Waals surface area contributed by atoms with Crippen LogP contribution in [0.15, 0.2) is 66.9 Å². The van der Waals surface area contributed by atoms with Gasteiger partial charge >= 0.3 is 0 Å². The van der Waals surface area contributed by atoms with Gasteiger partial charge in [0.15, 0.2) is 6.20 Å².